The quantitative estimate of drug-likeness (QED) is 0.654. The summed E-state index contributed by atoms with van der Waals surface area (Å²) >= 11 is 0. The number of likely N-dealkylation sites (N-methyl/N-ethyl adjacent to an activating group) is 1. The minimum atomic E-state index is -0.0951. The summed E-state index contributed by atoms with van der Waals surface area (Å²) in [5.74, 6) is 0.595. The van der Waals surface area contributed by atoms with Gasteiger partial charge in [0.25, 0.3) is 0 Å². The second kappa shape index (κ2) is 7.65. The van der Waals surface area contributed by atoms with Gasteiger partial charge in [0.15, 0.2) is 0 Å². The molecule has 0 heterocycles. The van der Waals surface area contributed by atoms with E-state index < -0.39 is 0 Å². The van der Waals surface area contributed by atoms with Gasteiger partial charge in [-0.2, -0.15) is 0 Å². The first-order chi connectivity index (χ1) is 7.02. The smallest absolute Gasteiger partial charge is 0.222 e. The molecule has 0 aromatic rings. The molecule has 1 amide bonds. The first kappa shape index (κ1) is 14.4. The van der Waals surface area contributed by atoms with Crippen LogP contribution < -0.4 is 5.73 Å². The maximum atomic E-state index is 11.6. The predicted octanol–water partition coefficient (Wildman–Crippen LogP) is 0.591. The fourth-order valence-corrected chi connectivity index (χ4v) is 1.34. The van der Waals surface area contributed by atoms with E-state index in [2.05, 4.69) is 6.92 Å². The molecule has 90 valence electrons. The fraction of sp³-hybridized carbons (Fsp3) is 0.909. The van der Waals surface area contributed by atoms with Crippen molar-refractivity contribution >= 4 is 5.91 Å². The van der Waals surface area contributed by atoms with Crippen LogP contribution in [-0.4, -0.2) is 42.2 Å². The minimum absolute atomic E-state index is 0.0145. The lowest BCUT2D eigenvalue weighted by atomic mass is 10.0. The van der Waals surface area contributed by atoms with E-state index in [9.17, 15) is 4.79 Å². The van der Waals surface area contributed by atoms with Crippen LogP contribution in [0.4, 0.5) is 0 Å². The monoisotopic (exact) mass is 216 g/mol. The Bertz CT molecular complexity index is 185. The van der Waals surface area contributed by atoms with Gasteiger partial charge < -0.3 is 15.7 Å². The Hall–Kier alpha value is -0.610. The van der Waals surface area contributed by atoms with Gasteiger partial charge in [0.05, 0.1) is 12.6 Å². The Kier molecular flexibility index (Phi) is 7.34. The number of amides is 1. The lowest BCUT2D eigenvalue weighted by Crippen LogP contribution is -2.37. The average Bonchev–Trinajstić information content (AvgIpc) is 2.24. The molecule has 0 bridgehead atoms. The van der Waals surface area contributed by atoms with Crippen molar-refractivity contribution in [2.45, 2.75) is 39.2 Å². The zero-order chi connectivity index (χ0) is 11.8. The molecule has 0 saturated heterocycles. The van der Waals surface area contributed by atoms with Crippen LogP contribution >= 0.6 is 0 Å². The van der Waals surface area contributed by atoms with Crippen LogP contribution in [0.5, 0.6) is 0 Å². The molecular weight excluding hydrogens is 192 g/mol. The normalized spacial score (nSPS) is 14.7. The summed E-state index contributed by atoms with van der Waals surface area (Å²) in [6.45, 7) is 4.63. The maximum Gasteiger partial charge on any atom is 0.222 e. The van der Waals surface area contributed by atoms with Gasteiger partial charge >= 0.3 is 0 Å². The van der Waals surface area contributed by atoms with E-state index in [1.54, 1.807) is 11.9 Å². The predicted molar refractivity (Wildman–Crippen MR) is 61.4 cm³/mol. The summed E-state index contributed by atoms with van der Waals surface area (Å²) in [5.41, 5.74) is 5.44. The lowest BCUT2D eigenvalue weighted by Gasteiger charge is -2.23. The molecule has 0 rings (SSSR count). The van der Waals surface area contributed by atoms with Gasteiger partial charge in [0.1, 0.15) is 0 Å². The topological polar surface area (TPSA) is 66.6 Å². The van der Waals surface area contributed by atoms with Crippen molar-refractivity contribution in [3.8, 4) is 0 Å². The van der Waals surface area contributed by atoms with Crippen molar-refractivity contribution in [2.24, 2.45) is 11.7 Å². The number of hydrogen-bond acceptors (Lipinski definition) is 3. The molecule has 0 aliphatic rings. The van der Waals surface area contributed by atoms with Gasteiger partial charge in [-0.3, -0.25) is 4.79 Å². The molecule has 4 nitrogen and oxygen atoms in total. The molecule has 0 aliphatic heterocycles. The third-order valence-corrected chi connectivity index (χ3v) is 2.83. The van der Waals surface area contributed by atoms with Gasteiger partial charge in [0, 0.05) is 13.5 Å². The molecule has 2 unspecified atom stereocenters. The highest BCUT2D eigenvalue weighted by Crippen LogP contribution is 2.11. The van der Waals surface area contributed by atoms with E-state index in [4.69, 9.17) is 10.8 Å². The molecule has 2 atom stereocenters. The van der Waals surface area contributed by atoms with Gasteiger partial charge in [-0.15, -0.1) is 0 Å². The van der Waals surface area contributed by atoms with E-state index in [0.29, 0.717) is 18.9 Å². The van der Waals surface area contributed by atoms with E-state index >= 15 is 0 Å². The zero-order valence-corrected chi connectivity index (χ0v) is 10.1. The van der Waals surface area contributed by atoms with Crippen LogP contribution in [0.3, 0.4) is 0 Å². The summed E-state index contributed by atoms with van der Waals surface area (Å²) in [6, 6.07) is -0.0951. The van der Waals surface area contributed by atoms with E-state index in [1.807, 2.05) is 6.92 Å². The van der Waals surface area contributed by atoms with E-state index in [-0.39, 0.29) is 18.6 Å². The van der Waals surface area contributed by atoms with Crippen molar-refractivity contribution in [1.82, 2.24) is 4.90 Å². The van der Waals surface area contributed by atoms with Gasteiger partial charge in [-0.05, 0) is 32.2 Å². The SMILES string of the molecule is CC(CCN)CCC(=O)N(C)C(C)CO. The Morgan fingerprint density at radius 2 is 2.00 bits per heavy atom. The number of nitrogens with zero attached hydrogens (tertiary/aromatic N) is 1. The molecular formula is C11H24N2O2. The molecule has 0 saturated carbocycles. The third kappa shape index (κ3) is 5.74. The summed E-state index contributed by atoms with van der Waals surface area (Å²) in [4.78, 5) is 13.2. The number of carbonyl (C=O) groups is 1. The molecule has 0 aromatic heterocycles. The van der Waals surface area contributed by atoms with Crippen molar-refractivity contribution in [3.05, 3.63) is 0 Å². The third-order valence-electron chi connectivity index (χ3n) is 2.83. The largest absolute Gasteiger partial charge is 0.394 e. The Morgan fingerprint density at radius 1 is 1.40 bits per heavy atom. The highest BCUT2D eigenvalue weighted by atomic mass is 16.3. The van der Waals surface area contributed by atoms with Gasteiger partial charge in [-0.1, -0.05) is 6.92 Å². The summed E-state index contributed by atoms with van der Waals surface area (Å²) in [6.07, 6.45) is 2.38. The second-order valence-corrected chi connectivity index (χ2v) is 4.26. The van der Waals surface area contributed by atoms with Crippen LogP contribution in [0.2, 0.25) is 0 Å². The highest BCUT2D eigenvalue weighted by molar-refractivity contribution is 5.76. The van der Waals surface area contributed by atoms with Crippen LogP contribution in [0.15, 0.2) is 0 Å². The number of carbonyl (C=O) groups excluding carboxylic acids is 1. The fourth-order valence-electron chi connectivity index (χ4n) is 1.34. The zero-order valence-electron chi connectivity index (χ0n) is 10.1. The lowest BCUT2D eigenvalue weighted by molar-refractivity contribution is -0.132. The number of rotatable bonds is 7. The van der Waals surface area contributed by atoms with Crippen molar-refractivity contribution < 1.29 is 9.90 Å². The molecule has 4 heteroatoms. The first-order valence-corrected chi connectivity index (χ1v) is 5.59. The summed E-state index contributed by atoms with van der Waals surface area (Å²) < 4.78 is 0. The van der Waals surface area contributed by atoms with Crippen molar-refractivity contribution in [2.75, 3.05) is 20.2 Å². The number of aliphatic hydroxyl groups is 1. The molecule has 0 aliphatic carbocycles. The average molecular weight is 216 g/mol. The molecule has 0 fully saturated rings. The standard InChI is InChI=1S/C11H24N2O2/c1-9(6-7-12)4-5-11(15)13(3)10(2)8-14/h9-10,14H,4-8,12H2,1-3H3. The summed E-state index contributed by atoms with van der Waals surface area (Å²) in [5, 5.41) is 8.91. The Balaban J connectivity index is 3.82. The number of hydrogen-bond donors (Lipinski definition) is 2. The molecule has 0 radical (unpaired) electrons. The van der Waals surface area contributed by atoms with Crippen molar-refractivity contribution in [1.29, 1.82) is 0 Å². The van der Waals surface area contributed by atoms with Crippen LogP contribution in [0.25, 0.3) is 0 Å². The van der Waals surface area contributed by atoms with E-state index in [0.717, 1.165) is 12.8 Å². The Morgan fingerprint density at radius 3 is 2.47 bits per heavy atom. The number of aliphatic hydroxyl groups excluding tert-OH is 1. The molecule has 15 heavy (non-hydrogen) atoms. The molecule has 0 aromatic carbocycles. The maximum absolute atomic E-state index is 11.6. The number of nitrogens with two attached hydrogens (primary N) is 1. The van der Waals surface area contributed by atoms with Crippen LogP contribution in [0, 0.1) is 5.92 Å². The van der Waals surface area contributed by atoms with Crippen LogP contribution in [-0.2, 0) is 4.79 Å². The first-order valence-electron chi connectivity index (χ1n) is 5.59. The van der Waals surface area contributed by atoms with Gasteiger partial charge in [0.2, 0.25) is 5.91 Å². The van der Waals surface area contributed by atoms with Crippen LogP contribution in [0.1, 0.15) is 33.1 Å². The van der Waals surface area contributed by atoms with E-state index in [1.165, 1.54) is 0 Å². The minimum Gasteiger partial charge on any atom is -0.394 e. The van der Waals surface area contributed by atoms with Gasteiger partial charge in [-0.25, -0.2) is 0 Å². The second-order valence-electron chi connectivity index (χ2n) is 4.26. The van der Waals surface area contributed by atoms with Crippen molar-refractivity contribution in [3.63, 3.8) is 0 Å². The molecule has 0 spiro atoms. The molecule has 3 N–H and O–H groups in total. The summed E-state index contributed by atoms with van der Waals surface area (Å²) in [7, 11) is 1.73. The highest BCUT2D eigenvalue weighted by Gasteiger charge is 2.15. The Labute approximate surface area is 92.4 Å².